The van der Waals surface area contributed by atoms with Crippen molar-refractivity contribution < 1.29 is 13.2 Å². The van der Waals surface area contributed by atoms with Crippen molar-refractivity contribution in [1.82, 2.24) is 10.2 Å². The van der Waals surface area contributed by atoms with Crippen LogP contribution in [0.5, 0.6) is 0 Å². The second kappa shape index (κ2) is 4.52. The quantitative estimate of drug-likeness (QED) is 0.840. The molecule has 0 amide bonds. The van der Waals surface area contributed by atoms with Gasteiger partial charge in [0.15, 0.2) is 17.5 Å². The molecule has 0 bridgehead atoms. The van der Waals surface area contributed by atoms with Crippen molar-refractivity contribution in [2.45, 2.75) is 13.3 Å². The molecule has 90 valence electrons. The number of aryl methyl sites for hydroxylation is 1. The fourth-order valence-electron chi connectivity index (χ4n) is 1.49. The lowest BCUT2D eigenvalue weighted by Gasteiger charge is -2.02. The van der Waals surface area contributed by atoms with Crippen LogP contribution in [0.3, 0.4) is 0 Å². The molecule has 0 saturated carbocycles. The number of H-pyrrole nitrogens is 1. The molecule has 17 heavy (non-hydrogen) atoms. The summed E-state index contributed by atoms with van der Waals surface area (Å²) in [5, 5.41) is 6.59. The van der Waals surface area contributed by atoms with Gasteiger partial charge in [0.1, 0.15) is 5.69 Å². The van der Waals surface area contributed by atoms with Crippen molar-refractivity contribution >= 4 is 15.9 Å². The minimum absolute atomic E-state index is 0.0771. The van der Waals surface area contributed by atoms with E-state index in [9.17, 15) is 13.2 Å². The smallest absolute Gasteiger partial charge is 0.195 e. The number of nitrogens with one attached hydrogen (secondary N) is 1. The highest BCUT2D eigenvalue weighted by atomic mass is 79.9. The lowest BCUT2D eigenvalue weighted by Crippen LogP contribution is -1.94. The summed E-state index contributed by atoms with van der Waals surface area (Å²) >= 11 is 3.25. The van der Waals surface area contributed by atoms with Crippen molar-refractivity contribution in [2.24, 2.45) is 0 Å². The second-order valence-electron chi connectivity index (χ2n) is 3.44. The molecule has 0 spiro atoms. The van der Waals surface area contributed by atoms with E-state index in [-0.39, 0.29) is 11.3 Å². The summed E-state index contributed by atoms with van der Waals surface area (Å²) in [6.07, 6.45) is 0.666. The van der Waals surface area contributed by atoms with Crippen LogP contribution < -0.4 is 0 Å². The first-order chi connectivity index (χ1) is 8.06. The van der Waals surface area contributed by atoms with E-state index >= 15 is 0 Å². The summed E-state index contributed by atoms with van der Waals surface area (Å²) in [6.45, 7) is 1.89. The molecule has 2 nitrogen and oxygen atoms in total. The average Bonchev–Trinajstić information content (AvgIpc) is 2.68. The molecule has 2 aromatic rings. The monoisotopic (exact) mass is 304 g/mol. The number of aromatic amines is 1. The van der Waals surface area contributed by atoms with Gasteiger partial charge in [-0.25, -0.2) is 13.2 Å². The third-order valence-electron chi connectivity index (χ3n) is 2.42. The molecule has 0 atom stereocenters. The molecule has 0 unspecified atom stereocenters. The first-order valence-corrected chi connectivity index (χ1v) is 5.72. The molecular weight excluding hydrogens is 297 g/mol. The molecule has 1 aromatic carbocycles. The van der Waals surface area contributed by atoms with E-state index in [1.807, 2.05) is 6.92 Å². The van der Waals surface area contributed by atoms with Gasteiger partial charge in [-0.1, -0.05) is 6.92 Å². The minimum atomic E-state index is -1.49. The molecule has 6 heteroatoms. The van der Waals surface area contributed by atoms with Gasteiger partial charge < -0.3 is 0 Å². The van der Waals surface area contributed by atoms with Crippen molar-refractivity contribution in [3.05, 3.63) is 39.8 Å². The fourth-order valence-corrected chi connectivity index (χ4v) is 2.16. The van der Waals surface area contributed by atoms with Crippen molar-refractivity contribution in [3.8, 4) is 11.3 Å². The topological polar surface area (TPSA) is 28.7 Å². The minimum Gasteiger partial charge on any atom is -0.281 e. The number of aromatic nitrogens is 2. The van der Waals surface area contributed by atoms with E-state index in [0.717, 1.165) is 17.8 Å². The number of rotatable bonds is 2. The summed E-state index contributed by atoms with van der Waals surface area (Å²) in [6, 6.07) is 2.04. The molecule has 0 aliphatic heterocycles. The van der Waals surface area contributed by atoms with Crippen molar-refractivity contribution in [2.75, 3.05) is 0 Å². The molecular formula is C11H8BrF3N2. The van der Waals surface area contributed by atoms with Crippen LogP contribution in [0.4, 0.5) is 13.2 Å². The van der Waals surface area contributed by atoms with E-state index in [1.165, 1.54) is 0 Å². The SMILES string of the molecule is CCc1[nH]nc(-c2ccc(F)c(F)c2F)c1Br. The summed E-state index contributed by atoms with van der Waals surface area (Å²) in [5.74, 6) is -3.94. The zero-order chi connectivity index (χ0) is 12.6. The zero-order valence-corrected chi connectivity index (χ0v) is 10.4. The predicted molar refractivity (Wildman–Crippen MR) is 61.0 cm³/mol. The van der Waals surface area contributed by atoms with E-state index in [2.05, 4.69) is 26.1 Å². The number of halogens is 4. The highest BCUT2D eigenvalue weighted by Crippen LogP contribution is 2.32. The average molecular weight is 305 g/mol. The van der Waals surface area contributed by atoms with E-state index < -0.39 is 17.5 Å². The number of benzene rings is 1. The summed E-state index contributed by atoms with van der Waals surface area (Å²) in [4.78, 5) is 0. The largest absolute Gasteiger partial charge is 0.281 e. The Morgan fingerprint density at radius 3 is 2.53 bits per heavy atom. The van der Waals surface area contributed by atoms with Crippen molar-refractivity contribution in [3.63, 3.8) is 0 Å². The molecule has 1 aromatic heterocycles. The van der Waals surface area contributed by atoms with Gasteiger partial charge in [-0.15, -0.1) is 0 Å². The van der Waals surface area contributed by atoms with Gasteiger partial charge in [-0.05, 0) is 34.5 Å². The predicted octanol–water partition coefficient (Wildman–Crippen LogP) is 3.82. The third-order valence-corrected chi connectivity index (χ3v) is 3.27. The maximum Gasteiger partial charge on any atom is 0.195 e. The molecule has 0 aliphatic rings. The number of nitrogens with zero attached hydrogens (tertiary/aromatic N) is 1. The number of hydrogen-bond acceptors (Lipinski definition) is 1. The molecule has 0 saturated heterocycles. The summed E-state index contributed by atoms with van der Waals surface area (Å²) in [7, 11) is 0. The lowest BCUT2D eigenvalue weighted by molar-refractivity contribution is 0.449. The van der Waals surface area contributed by atoms with Crippen molar-refractivity contribution in [1.29, 1.82) is 0 Å². The maximum absolute atomic E-state index is 13.6. The van der Waals surface area contributed by atoms with Crippen LogP contribution in [0, 0.1) is 17.5 Å². The molecule has 0 radical (unpaired) electrons. The van der Waals surface area contributed by atoms with Crippen LogP contribution in [-0.4, -0.2) is 10.2 Å². The van der Waals surface area contributed by atoms with E-state index in [0.29, 0.717) is 10.9 Å². The third kappa shape index (κ3) is 1.97. The highest BCUT2D eigenvalue weighted by molar-refractivity contribution is 9.10. The van der Waals surface area contributed by atoms with Crippen LogP contribution in [0.2, 0.25) is 0 Å². The van der Waals surface area contributed by atoms with E-state index in [1.54, 1.807) is 0 Å². The first-order valence-electron chi connectivity index (χ1n) is 4.92. The van der Waals surface area contributed by atoms with Gasteiger partial charge >= 0.3 is 0 Å². The Morgan fingerprint density at radius 2 is 1.94 bits per heavy atom. The molecule has 1 N–H and O–H groups in total. The number of hydrogen-bond donors (Lipinski definition) is 1. The van der Waals surface area contributed by atoms with Gasteiger partial charge in [0.25, 0.3) is 0 Å². The van der Waals surface area contributed by atoms with Crippen LogP contribution >= 0.6 is 15.9 Å². The molecule has 0 aliphatic carbocycles. The van der Waals surface area contributed by atoms with E-state index in [4.69, 9.17) is 0 Å². The standard InChI is InChI=1S/C11H8BrF3N2/c1-2-7-8(12)11(17-16-7)5-3-4-6(13)10(15)9(5)14/h3-4H,2H2,1H3,(H,16,17). The Balaban J connectivity index is 2.61. The van der Waals surface area contributed by atoms with Crippen LogP contribution in [0.25, 0.3) is 11.3 Å². The second-order valence-corrected chi connectivity index (χ2v) is 4.23. The van der Waals surface area contributed by atoms with Crippen LogP contribution in [0.1, 0.15) is 12.6 Å². The van der Waals surface area contributed by atoms with Gasteiger partial charge in [0.2, 0.25) is 0 Å². The Hall–Kier alpha value is -1.30. The Morgan fingerprint density at radius 1 is 1.24 bits per heavy atom. The summed E-state index contributed by atoms with van der Waals surface area (Å²) < 4.78 is 40.0. The van der Waals surface area contributed by atoms with Gasteiger partial charge in [-0.2, -0.15) is 5.10 Å². The Bertz CT molecular complexity index is 566. The highest BCUT2D eigenvalue weighted by Gasteiger charge is 2.19. The Labute approximate surface area is 104 Å². The van der Waals surface area contributed by atoms with Gasteiger partial charge in [-0.3, -0.25) is 5.10 Å². The van der Waals surface area contributed by atoms with Crippen LogP contribution in [-0.2, 0) is 6.42 Å². The summed E-state index contributed by atoms with van der Waals surface area (Å²) in [5.41, 5.74) is 0.925. The van der Waals surface area contributed by atoms with Gasteiger partial charge in [0, 0.05) is 11.3 Å². The molecule has 1 heterocycles. The van der Waals surface area contributed by atoms with Crippen LogP contribution in [0.15, 0.2) is 16.6 Å². The first kappa shape index (κ1) is 12.2. The molecule has 0 fully saturated rings. The zero-order valence-electron chi connectivity index (χ0n) is 8.82. The fraction of sp³-hybridized carbons (Fsp3) is 0.182. The Kier molecular flexibility index (Phi) is 3.24. The normalized spacial score (nSPS) is 10.9. The lowest BCUT2D eigenvalue weighted by atomic mass is 10.1. The maximum atomic E-state index is 13.6. The van der Waals surface area contributed by atoms with Gasteiger partial charge in [0.05, 0.1) is 4.47 Å². The molecule has 2 rings (SSSR count).